The Bertz CT molecular complexity index is 121. The summed E-state index contributed by atoms with van der Waals surface area (Å²) >= 11 is 0. The average molecular weight is 140 g/mol. The van der Waals surface area contributed by atoms with Gasteiger partial charge in [0.05, 0.1) is 5.60 Å². The number of hydrogen-bond donors (Lipinski definition) is 1. The molecule has 0 spiro atoms. The molecule has 0 atom stereocenters. The summed E-state index contributed by atoms with van der Waals surface area (Å²) in [6.07, 6.45) is 8.81. The average Bonchev–Trinajstić information content (AvgIpc) is 2.47. The molecule has 0 radical (unpaired) electrons. The summed E-state index contributed by atoms with van der Waals surface area (Å²) in [5, 5.41) is 9.59. The summed E-state index contributed by atoms with van der Waals surface area (Å²) in [5.74, 6) is 0.868. The molecule has 0 aromatic rings. The summed E-state index contributed by atoms with van der Waals surface area (Å²) in [4.78, 5) is 0. The second kappa shape index (κ2) is 2.23. The number of hydrogen-bond acceptors (Lipinski definition) is 1. The van der Waals surface area contributed by atoms with Crippen molar-refractivity contribution in [1.82, 2.24) is 0 Å². The van der Waals surface area contributed by atoms with Crippen LogP contribution in [0.1, 0.15) is 44.9 Å². The first-order valence-corrected chi connectivity index (χ1v) is 4.51. The van der Waals surface area contributed by atoms with E-state index < -0.39 is 0 Å². The van der Waals surface area contributed by atoms with Crippen LogP contribution in [0.2, 0.25) is 0 Å². The van der Waals surface area contributed by atoms with Crippen LogP contribution in [0.15, 0.2) is 0 Å². The predicted octanol–water partition coefficient (Wildman–Crippen LogP) is 2.09. The van der Waals surface area contributed by atoms with E-state index in [1.807, 2.05) is 0 Å². The van der Waals surface area contributed by atoms with Crippen LogP contribution in [-0.2, 0) is 0 Å². The molecule has 2 aliphatic carbocycles. The molecule has 0 aliphatic heterocycles. The molecule has 0 amide bonds. The summed E-state index contributed by atoms with van der Waals surface area (Å²) < 4.78 is 0. The van der Waals surface area contributed by atoms with Crippen LogP contribution in [0.3, 0.4) is 0 Å². The van der Waals surface area contributed by atoms with Gasteiger partial charge in [0.15, 0.2) is 0 Å². The van der Waals surface area contributed by atoms with E-state index in [4.69, 9.17) is 0 Å². The van der Waals surface area contributed by atoms with Gasteiger partial charge in [-0.15, -0.1) is 0 Å². The van der Waals surface area contributed by atoms with Gasteiger partial charge < -0.3 is 5.11 Å². The number of aliphatic hydroxyl groups is 1. The lowest BCUT2D eigenvalue weighted by Crippen LogP contribution is -2.11. The summed E-state index contributed by atoms with van der Waals surface area (Å²) in [6, 6.07) is 0. The van der Waals surface area contributed by atoms with E-state index in [9.17, 15) is 5.11 Å². The van der Waals surface area contributed by atoms with Crippen molar-refractivity contribution in [2.24, 2.45) is 5.92 Å². The maximum absolute atomic E-state index is 9.59. The molecule has 58 valence electrons. The largest absolute Gasteiger partial charge is 0.390 e. The Morgan fingerprint density at radius 2 is 1.80 bits per heavy atom. The molecule has 1 heteroatoms. The Morgan fingerprint density at radius 1 is 1.20 bits per heavy atom. The van der Waals surface area contributed by atoms with Gasteiger partial charge in [0, 0.05) is 0 Å². The van der Waals surface area contributed by atoms with Gasteiger partial charge in [-0.2, -0.15) is 0 Å². The minimum Gasteiger partial charge on any atom is -0.390 e. The quantitative estimate of drug-likeness (QED) is 0.622. The Labute approximate surface area is 62.4 Å². The highest BCUT2D eigenvalue weighted by Gasteiger charge is 2.42. The summed E-state index contributed by atoms with van der Waals surface area (Å²) in [7, 11) is 0. The Hall–Kier alpha value is -0.0400. The molecular weight excluding hydrogens is 124 g/mol. The molecule has 2 aliphatic rings. The smallest absolute Gasteiger partial charge is 0.0652 e. The summed E-state index contributed by atoms with van der Waals surface area (Å²) in [5.41, 5.74) is -0.186. The van der Waals surface area contributed by atoms with Crippen molar-refractivity contribution in [1.29, 1.82) is 0 Å². The first kappa shape index (κ1) is 6.66. The monoisotopic (exact) mass is 140 g/mol. The van der Waals surface area contributed by atoms with Crippen LogP contribution < -0.4 is 0 Å². The third-order valence-corrected chi connectivity index (χ3v) is 2.97. The molecule has 2 saturated carbocycles. The zero-order valence-electron chi connectivity index (χ0n) is 6.47. The highest BCUT2D eigenvalue weighted by molar-refractivity contribution is 4.95. The standard InChI is InChI=1S/C9H16O/c10-9(5-6-9)7-8-3-1-2-4-8/h8,10H,1-7H2. The fourth-order valence-electron chi connectivity index (χ4n) is 2.10. The zero-order valence-corrected chi connectivity index (χ0v) is 6.47. The third-order valence-electron chi connectivity index (χ3n) is 2.97. The zero-order chi connectivity index (χ0) is 7.03. The lowest BCUT2D eigenvalue weighted by Gasteiger charge is -2.12. The molecule has 0 heterocycles. The summed E-state index contributed by atoms with van der Waals surface area (Å²) in [6.45, 7) is 0. The fraction of sp³-hybridized carbons (Fsp3) is 1.00. The van der Waals surface area contributed by atoms with Crippen LogP contribution in [0.4, 0.5) is 0 Å². The fourth-order valence-corrected chi connectivity index (χ4v) is 2.10. The van der Waals surface area contributed by atoms with E-state index in [-0.39, 0.29) is 5.60 Å². The molecule has 10 heavy (non-hydrogen) atoms. The Morgan fingerprint density at radius 3 is 2.30 bits per heavy atom. The van der Waals surface area contributed by atoms with Gasteiger partial charge in [0.2, 0.25) is 0 Å². The van der Waals surface area contributed by atoms with E-state index in [2.05, 4.69) is 0 Å². The Kier molecular flexibility index (Phi) is 1.48. The molecule has 0 bridgehead atoms. The third kappa shape index (κ3) is 1.34. The highest BCUT2D eigenvalue weighted by Crippen LogP contribution is 2.44. The molecule has 0 aromatic heterocycles. The molecule has 0 aromatic carbocycles. The van der Waals surface area contributed by atoms with Crippen LogP contribution in [0.25, 0.3) is 0 Å². The van der Waals surface area contributed by atoms with E-state index in [1.165, 1.54) is 25.7 Å². The van der Waals surface area contributed by atoms with Gasteiger partial charge in [0.1, 0.15) is 0 Å². The van der Waals surface area contributed by atoms with Gasteiger partial charge >= 0.3 is 0 Å². The van der Waals surface area contributed by atoms with Crippen molar-refractivity contribution in [3.05, 3.63) is 0 Å². The molecular formula is C9H16O. The van der Waals surface area contributed by atoms with E-state index in [0.29, 0.717) is 0 Å². The van der Waals surface area contributed by atoms with Crippen molar-refractivity contribution in [2.45, 2.75) is 50.5 Å². The van der Waals surface area contributed by atoms with Crippen LogP contribution in [0, 0.1) is 5.92 Å². The minimum atomic E-state index is -0.186. The predicted molar refractivity (Wildman–Crippen MR) is 40.8 cm³/mol. The van der Waals surface area contributed by atoms with Crippen LogP contribution >= 0.6 is 0 Å². The second-order valence-electron chi connectivity index (χ2n) is 4.08. The molecule has 1 N–H and O–H groups in total. The van der Waals surface area contributed by atoms with E-state index in [1.54, 1.807) is 0 Å². The minimum absolute atomic E-state index is 0.186. The van der Waals surface area contributed by atoms with Crippen LogP contribution in [-0.4, -0.2) is 10.7 Å². The van der Waals surface area contributed by atoms with Crippen molar-refractivity contribution in [2.75, 3.05) is 0 Å². The van der Waals surface area contributed by atoms with E-state index in [0.717, 1.165) is 25.2 Å². The van der Waals surface area contributed by atoms with E-state index >= 15 is 0 Å². The van der Waals surface area contributed by atoms with Crippen molar-refractivity contribution >= 4 is 0 Å². The Balaban J connectivity index is 1.78. The van der Waals surface area contributed by atoms with Gasteiger partial charge in [-0.3, -0.25) is 0 Å². The lowest BCUT2D eigenvalue weighted by molar-refractivity contribution is 0.119. The SMILES string of the molecule is OC1(CC2CCCC2)CC1. The molecule has 2 rings (SSSR count). The van der Waals surface area contributed by atoms with Gasteiger partial charge in [-0.05, 0) is 25.2 Å². The van der Waals surface area contributed by atoms with Gasteiger partial charge in [-0.25, -0.2) is 0 Å². The maximum atomic E-state index is 9.59. The second-order valence-corrected chi connectivity index (χ2v) is 4.08. The van der Waals surface area contributed by atoms with Gasteiger partial charge in [0.25, 0.3) is 0 Å². The highest BCUT2D eigenvalue weighted by atomic mass is 16.3. The molecule has 0 saturated heterocycles. The van der Waals surface area contributed by atoms with Crippen molar-refractivity contribution < 1.29 is 5.11 Å². The normalized spacial score (nSPS) is 30.9. The van der Waals surface area contributed by atoms with Crippen molar-refractivity contribution in [3.63, 3.8) is 0 Å². The van der Waals surface area contributed by atoms with Gasteiger partial charge in [-0.1, -0.05) is 25.7 Å². The lowest BCUT2D eigenvalue weighted by atomic mass is 9.99. The van der Waals surface area contributed by atoms with Crippen LogP contribution in [0.5, 0.6) is 0 Å². The first-order chi connectivity index (χ1) is 4.79. The molecule has 2 fully saturated rings. The topological polar surface area (TPSA) is 20.2 Å². The molecule has 1 nitrogen and oxygen atoms in total. The van der Waals surface area contributed by atoms with Crippen molar-refractivity contribution in [3.8, 4) is 0 Å². The molecule has 0 unspecified atom stereocenters. The first-order valence-electron chi connectivity index (χ1n) is 4.51. The number of rotatable bonds is 2. The maximum Gasteiger partial charge on any atom is 0.0652 e.